The summed E-state index contributed by atoms with van der Waals surface area (Å²) in [6.45, 7) is 1.26. The van der Waals surface area contributed by atoms with Crippen molar-refractivity contribution in [1.29, 1.82) is 0 Å². The molecule has 0 aromatic heterocycles. The van der Waals surface area contributed by atoms with Gasteiger partial charge in [0.1, 0.15) is 19.0 Å². The molecule has 154 valence electrons. The zero-order chi connectivity index (χ0) is 19.7. The highest BCUT2D eigenvalue weighted by Crippen LogP contribution is 2.36. The number of nitrogens with one attached hydrogen (secondary N) is 1. The molecule has 0 spiro atoms. The standard InChI is InChI=1S/C20H21N3O5.ClH/c1-26-14-3-4-15(21)16(10-14)22-20(25)12-8-19(24)23(11-12)13-2-5-17-18(9-13)28-7-6-27-17;/h2-5,9-10,12H,6-8,11,21H2,1H3,(H,22,25);1H. The second kappa shape index (κ2) is 8.48. The van der Waals surface area contributed by atoms with E-state index in [1.807, 2.05) is 0 Å². The summed E-state index contributed by atoms with van der Waals surface area (Å²) in [6, 6.07) is 10.4. The maximum Gasteiger partial charge on any atom is 0.229 e. The Balaban J connectivity index is 0.00000240. The highest BCUT2D eigenvalue weighted by Gasteiger charge is 2.35. The third kappa shape index (κ3) is 4.17. The van der Waals surface area contributed by atoms with Crippen LogP contribution in [0.25, 0.3) is 0 Å². The topological polar surface area (TPSA) is 103 Å². The SMILES string of the molecule is COc1ccc(N)c(NC(=O)C2CC(=O)N(c3ccc4c(c3)OCCO4)C2)c1.Cl. The smallest absolute Gasteiger partial charge is 0.229 e. The first-order valence-corrected chi connectivity index (χ1v) is 8.99. The number of nitrogen functional groups attached to an aromatic ring is 1. The number of fused-ring (bicyclic) bond motifs is 1. The first-order chi connectivity index (χ1) is 13.5. The molecule has 8 nitrogen and oxygen atoms in total. The number of amides is 2. The van der Waals surface area contributed by atoms with Crippen LogP contribution < -0.4 is 30.2 Å². The van der Waals surface area contributed by atoms with Crippen molar-refractivity contribution >= 4 is 41.3 Å². The minimum Gasteiger partial charge on any atom is -0.497 e. The molecule has 1 atom stereocenters. The van der Waals surface area contributed by atoms with E-state index in [4.69, 9.17) is 19.9 Å². The molecule has 0 aliphatic carbocycles. The molecular formula is C20H22ClN3O5. The van der Waals surface area contributed by atoms with Crippen LogP contribution >= 0.6 is 12.4 Å². The van der Waals surface area contributed by atoms with Crippen LogP contribution in [0.4, 0.5) is 17.1 Å². The van der Waals surface area contributed by atoms with Gasteiger partial charge in [-0.15, -0.1) is 12.4 Å². The number of nitrogens with two attached hydrogens (primary N) is 1. The number of ether oxygens (including phenoxy) is 3. The summed E-state index contributed by atoms with van der Waals surface area (Å²) in [5, 5.41) is 2.80. The molecule has 0 radical (unpaired) electrons. The second-order valence-corrected chi connectivity index (χ2v) is 6.68. The number of carbonyl (C=O) groups excluding carboxylic acids is 2. The van der Waals surface area contributed by atoms with Gasteiger partial charge in [-0.1, -0.05) is 0 Å². The zero-order valence-corrected chi connectivity index (χ0v) is 16.7. The van der Waals surface area contributed by atoms with Crippen LogP contribution in [0.2, 0.25) is 0 Å². The van der Waals surface area contributed by atoms with E-state index in [9.17, 15) is 9.59 Å². The van der Waals surface area contributed by atoms with Crippen LogP contribution in [-0.2, 0) is 9.59 Å². The average Bonchev–Trinajstić information content (AvgIpc) is 3.11. The van der Waals surface area contributed by atoms with Crippen molar-refractivity contribution in [2.45, 2.75) is 6.42 Å². The highest BCUT2D eigenvalue weighted by atomic mass is 35.5. The van der Waals surface area contributed by atoms with E-state index in [-0.39, 0.29) is 37.2 Å². The minimum atomic E-state index is -0.480. The largest absolute Gasteiger partial charge is 0.497 e. The molecule has 1 saturated heterocycles. The molecule has 0 bridgehead atoms. The Hall–Kier alpha value is -3.13. The maximum absolute atomic E-state index is 12.7. The fourth-order valence-electron chi connectivity index (χ4n) is 3.34. The molecule has 2 heterocycles. The summed E-state index contributed by atoms with van der Waals surface area (Å²) in [5.41, 5.74) is 7.51. The van der Waals surface area contributed by atoms with E-state index in [2.05, 4.69) is 5.32 Å². The fraction of sp³-hybridized carbons (Fsp3) is 0.300. The van der Waals surface area contributed by atoms with Crippen LogP contribution in [0.15, 0.2) is 36.4 Å². The lowest BCUT2D eigenvalue weighted by Crippen LogP contribution is -2.28. The number of nitrogens with zero attached hydrogens (tertiary/aromatic N) is 1. The van der Waals surface area contributed by atoms with E-state index in [1.54, 1.807) is 41.3 Å². The Bertz CT molecular complexity index is 936. The van der Waals surface area contributed by atoms with Crippen LogP contribution in [0.5, 0.6) is 17.2 Å². The average molecular weight is 420 g/mol. The molecule has 0 saturated carbocycles. The van der Waals surface area contributed by atoms with Crippen LogP contribution in [0, 0.1) is 5.92 Å². The van der Waals surface area contributed by atoms with Crippen molar-refractivity contribution in [2.24, 2.45) is 5.92 Å². The number of hydrogen-bond acceptors (Lipinski definition) is 6. The molecule has 2 aliphatic rings. The molecule has 9 heteroatoms. The third-order valence-electron chi connectivity index (χ3n) is 4.85. The summed E-state index contributed by atoms with van der Waals surface area (Å²) < 4.78 is 16.3. The highest BCUT2D eigenvalue weighted by molar-refractivity contribution is 6.04. The number of benzene rings is 2. The fourth-order valence-corrected chi connectivity index (χ4v) is 3.34. The van der Waals surface area contributed by atoms with E-state index in [1.165, 1.54) is 7.11 Å². The molecule has 2 aromatic carbocycles. The number of halogens is 1. The predicted molar refractivity (Wildman–Crippen MR) is 111 cm³/mol. The van der Waals surface area contributed by atoms with E-state index < -0.39 is 5.92 Å². The van der Waals surface area contributed by atoms with Crippen molar-refractivity contribution < 1.29 is 23.8 Å². The first kappa shape index (κ1) is 20.6. The summed E-state index contributed by atoms with van der Waals surface area (Å²) >= 11 is 0. The van der Waals surface area contributed by atoms with Gasteiger partial charge >= 0.3 is 0 Å². The van der Waals surface area contributed by atoms with Crippen LogP contribution in [0.3, 0.4) is 0 Å². The molecule has 1 unspecified atom stereocenters. The van der Waals surface area contributed by atoms with Crippen LogP contribution in [-0.4, -0.2) is 38.7 Å². The second-order valence-electron chi connectivity index (χ2n) is 6.68. The van der Waals surface area contributed by atoms with Crippen molar-refractivity contribution in [3.63, 3.8) is 0 Å². The zero-order valence-electron chi connectivity index (χ0n) is 15.8. The minimum absolute atomic E-state index is 0. The molecule has 2 aliphatic heterocycles. The molecule has 2 amide bonds. The van der Waals surface area contributed by atoms with Gasteiger partial charge in [0, 0.05) is 30.8 Å². The van der Waals surface area contributed by atoms with Gasteiger partial charge < -0.3 is 30.2 Å². The number of anilines is 3. The summed E-state index contributed by atoms with van der Waals surface area (Å²) in [5.74, 6) is 0.998. The van der Waals surface area contributed by atoms with Crippen molar-refractivity contribution in [2.75, 3.05) is 42.8 Å². The quantitative estimate of drug-likeness (QED) is 0.738. The van der Waals surface area contributed by atoms with Crippen molar-refractivity contribution in [1.82, 2.24) is 0 Å². The molecule has 4 rings (SSSR count). The molecule has 3 N–H and O–H groups in total. The summed E-state index contributed by atoms with van der Waals surface area (Å²) in [6.07, 6.45) is 0.129. The van der Waals surface area contributed by atoms with Gasteiger partial charge in [0.25, 0.3) is 0 Å². The Morgan fingerprint density at radius 3 is 2.69 bits per heavy atom. The molecule has 2 aromatic rings. The van der Waals surface area contributed by atoms with Gasteiger partial charge in [-0.2, -0.15) is 0 Å². The molecule has 29 heavy (non-hydrogen) atoms. The maximum atomic E-state index is 12.7. The lowest BCUT2D eigenvalue weighted by atomic mass is 10.1. The molecule has 1 fully saturated rings. The van der Waals surface area contributed by atoms with Crippen molar-refractivity contribution in [3.05, 3.63) is 36.4 Å². The number of methoxy groups -OCH3 is 1. The van der Waals surface area contributed by atoms with Crippen LogP contribution in [0.1, 0.15) is 6.42 Å². The third-order valence-corrected chi connectivity index (χ3v) is 4.85. The van der Waals surface area contributed by atoms with Gasteiger partial charge in [-0.3, -0.25) is 9.59 Å². The van der Waals surface area contributed by atoms with Crippen molar-refractivity contribution in [3.8, 4) is 17.2 Å². The molecular weight excluding hydrogens is 398 g/mol. The Morgan fingerprint density at radius 2 is 1.93 bits per heavy atom. The number of hydrogen-bond donors (Lipinski definition) is 2. The Labute approximate surface area is 174 Å². The van der Waals surface area contributed by atoms with Gasteiger partial charge in [-0.05, 0) is 24.3 Å². The lowest BCUT2D eigenvalue weighted by Gasteiger charge is -2.22. The summed E-state index contributed by atoms with van der Waals surface area (Å²) in [4.78, 5) is 26.8. The van der Waals surface area contributed by atoms with Gasteiger partial charge in [0.15, 0.2) is 11.5 Å². The predicted octanol–water partition coefficient (Wildman–Crippen LogP) is 2.46. The first-order valence-electron chi connectivity index (χ1n) is 8.99. The van der Waals surface area contributed by atoms with E-state index in [0.717, 1.165) is 0 Å². The number of carbonyl (C=O) groups is 2. The van der Waals surface area contributed by atoms with E-state index in [0.29, 0.717) is 47.5 Å². The summed E-state index contributed by atoms with van der Waals surface area (Å²) in [7, 11) is 1.54. The van der Waals surface area contributed by atoms with Gasteiger partial charge in [0.2, 0.25) is 11.8 Å². The lowest BCUT2D eigenvalue weighted by molar-refractivity contribution is -0.122. The van der Waals surface area contributed by atoms with Gasteiger partial charge in [-0.25, -0.2) is 0 Å². The number of rotatable bonds is 4. The Morgan fingerprint density at radius 1 is 1.17 bits per heavy atom. The van der Waals surface area contributed by atoms with Gasteiger partial charge in [0.05, 0.1) is 24.4 Å². The Kier molecular flexibility index (Phi) is 6.03. The monoisotopic (exact) mass is 419 g/mol. The normalized spacial score (nSPS) is 17.5. The van der Waals surface area contributed by atoms with E-state index >= 15 is 0 Å².